The first kappa shape index (κ1) is 21.9. The molecule has 0 aromatic heterocycles. The SMILES string of the molecule is C=CCON=C1CC(Oc2ccc(OC(C)C)cc2)=CC=C1OCC=C(Cl)Cl. The van der Waals surface area contributed by atoms with E-state index in [0.29, 0.717) is 36.0 Å². The zero-order valence-electron chi connectivity index (χ0n) is 15.9. The molecule has 0 bridgehead atoms. The van der Waals surface area contributed by atoms with Gasteiger partial charge < -0.3 is 19.0 Å². The number of halogens is 2. The molecule has 5 nitrogen and oxygen atoms in total. The molecule has 7 heteroatoms. The molecular formula is C21H23Cl2NO4. The summed E-state index contributed by atoms with van der Waals surface area (Å²) < 4.78 is 17.4. The van der Waals surface area contributed by atoms with E-state index in [0.717, 1.165) is 5.75 Å². The van der Waals surface area contributed by atoms with Gasteiger partial charge in [0.1, 0.15) is 46.4 Å². The van der Waals surface area contributed by atoms with E-state index in [9.17, 15) is 0 Å². The van der Waals surface area contributed by atoms with E-state index >= 15 is 0 Å². The predicted octanol–water partition coefficient (Wildman–Crippen LogP) is 5.92. The van der Waals surface area contributed by atoms with Crippen molar-refractivity contribution in [1.29, 1.82) is 0 Å². The monoisotopic (exact) mass is 423 g/mol. The van der Waals surface area contributed by atoms with E-state index in [1.54, 1.807) is 18.2 Å². The van der Waals surface area contributed by atoms with Gasteiger partial charge in [-0.3, -0.25) is 0 Å². The van der Waals surface area contributed by atoms with Crippen molar-refractivity contribution in [2.75, 3.05) is 13.2 Å². The van der Waals surface area contributed by atoms with Crippen LogP contribution in [-0.4, -0.2) is 25.0 Å². The molecule has 150 valence electrons. The molecule has 28 heavy (non-hydrogen) atoms. The maximum Gasteiger partial charge on any atom is 0.145 e. The van der Waals surface area contributed by atoms with Gasteiger partial charge in [-0.2, -0.15) is 0 Å². The van der Waals surface area contributed by atoms with Crippen molar-refractivity contribution in [3.05, 3.63) is 71.2 Å². The fourth-order valence-electron chi connectivity index (χ4n) is 2.23. The number of rotatable bonds is 10. The van der Waals surface area contributed by atoms with Gasteiger partial charge in [-0.25, -0.2) is 0 Å². The number of nitrogens with zero attached hydrogens (tertiary/aromatic N) is 1. The number of hydrogen-bond donors (Lipinski definition) is 0. The first-order valence-corrected chi connectivity index (χ1v) is 9.53. The summed E-state index contributed by atoms with van der Waals surface area (Å²) in [6.45, 7) is 8.08. The van der Waals surface area contributed by atoms with Crippen molar-refractivity contribution in [1.82, 2.24) is 0 Å². The molecule has 0 radical (unpaired) electrons. The maximum absolute atomic E-state index is 5.94. The Morgan fingerprint density at radius 2 is 1.86 bits per heavy atom. The molecule has 0 heterocycles. The Labute approximate surface area is 175 Å². The first-order chi connectivity index (χ1) is 13.5. The Balaban J connectivity index is 2.08. The molecule has 0 spiro atoms. The van der Waals surface area contributed by atoms with Crippen LogP contribution in [0.1, 0.15) is 20.3 Å². The fourth-order valence-corrected chi connectivity index (χ4v) is 2.35. The summed E-state index contributed by atoms with van der Waals surface area (Å²) in [4.78, 5) is 5.21. The molecular weight excluding hydrogens is 401 g/mol. The van der Waals surface area contributed by atoms with Gasteiger partial charge in [-0.05, 0) is 56.3 Å². The van der Waals surface area contributed by atoms with Crippen LogP contribution in [0.3, 0.4) is 0 Å². The van der Waals surface area contributed by atoms with Gasteiger partial charge in [0.25, 0.3) is 0 Å². The summed E-state index contributed by atoms with van der Waals surface area (Å²) in [5.41, 5.74) is 0.596. The topological polar surface area (TPSA) is 49.3 Å². The highest BCUT2D eigenvalue weighted by Gasteiger charge is 2.18. The smallest absolute Gasteiger partial charge is 0.145 e. The molecule has 0 amide bonds. The number of allylic oxidation sites excluding steroid dienone is 4. The third-order valence-corrected chi connectivity index (χ3v) is 3.64. The quantitative estimate of drug-likeness (QED) is 0.266. The Morgan fingerprint density at radius 3 is 2.50 bits per heavy atom. The van der Waals surface area contributed by atoms with E-state index in [4.69, 9.17) is 42.3 Å². The van der Waals surface area contributed by atoms with Gasteiger partial charge in [0, 0.05) is 0 Å². The Kier molecular flexibility index (Phi) is 8.98. The second-order valence-corrected chi connectivity index (χ2v) is 7.02. The predicted molar refractivity (Wildman–Crippen MR) is 113 cm³/mol. The number of benzene rings is 1. The number of ether oxygens (including phenoxy) is 3. The van der Waals surface area contributed by atoms with Crippen LogP contribution in [0.4, 0.5) is 0 Å². The van der Waals surface area contributed by atoms with Crippen LogP contribution in [0.2, 0.25) is 0 Å². The lowest BCUT2D eigenvalue weighted by Gasteiger charge is -2.18. The van der Waals surface area contributed by atoms with Gasteiger partial charge in [0.05, 0.1) is 12.5 Å². The van der Waals surface area contributed by atoms with E-state index in [1.807, 2.05) is 44.2 Å². The van der Waals surface area contributed by atoms with E-state index in [2.05, 4.69) is 11.7 Å². The van der Waals surface area contributed by atoms with Gasteiger partial charge in [-0.15, -0.1) is 0 Å². The van der Waals surface area contributed by atoms with Crippen LogP contribution in [0, 0.1) is 0 Å². The zero-order valence-corrected chi connectivity index (χ0v) is 17.4. The lowest BCUT2D eigenvalue weighted by Crippen LogP contribution is -2.15. The van der Waals surface area contributed by atoms with E-state index < -0.39 is 0 Å². The largest absolute Gasteiger partial charge is 0.491 e. The van der Waals surface area contributed by atoms with Crippen molar-refractivity contribution < 1.29 is 19.0 Å². The lowest BCUT2D eigenvalue weighted by atomic mass is 10.1. The highest BCUT2D eigenvalue weighted by atomic mass is 35.5. The van der Waals surface area contributed by atoms with Crippen molar-refractivity contribution in [3.8, 4) is 11.5 Å². The molecule has 0 atom stereocenters. The third kappa shape index (κ3) is 7.71. The van der Waals surface area contributed by atoms with Crippen LogP contribution in [0.15, 0.2) is 76.3 Å². The summed E-state index contributed by atoms with van der Waals surface area (Å²) >= 11 is 11.2. The van der Waals surface area contributed by atoms with Gasteiger partial charge in [0.15, 0.2) is 0 Å². The van der Waals surface area contributed by atoms with Crippen LogP contribution in [0.25, 0.3) is 0 Å². The second kappa shape index (κ2) is 11.5. The van der Waals surface area contributed by atoms with Crippen LogP contribution in [0.5, 0.6) is 11.5 Å². The summed E-state index contributed by atoms with van der Waals surface area (Å²) in [6.07, 6.45) is 7.28. The minimum atomic E-state index is 0.120. The van der Waals surface area contributed by atoms with Crippen molar-refractivity contribution >= 4 is 28.9 Å². The summed E-state index contributed by atoms with van der Waals surface area (Å²) in [5, 5.41) is 4.12. The molecule has 0 aliphatic heterocycles. The minimum absolute atomic E-state index is 0.120. The zero-order chi connectivity index (χ0) is 20.4. The van der Waals surface area contributed by atoms with E-state index in [-0.39, 0.29) is 17.2 Å². The normalized spacial score (nSPS) is 14.8. The third-order valence-electron chi connectivity index (χ3n) is 3.33. The number of hydrogen-bond acceptors (Lipinski definition) is 5. The van der Waals surface area contributed by atoms with Crippen molar-refractivity contribution in [2.45, 2.75) is 26.4 Å². The molecule has 1 aromatic rings. The maximum atomic E-state index is 5.94. The van der Waals surface area contributed by atoms with Gasteiger partial charge >= 0.3 is 0 Å². The molecule has 0 fully saturated rings. The second-order valence-electron chi connectivity index (χ2n) is 6.01. The van der Waals surface area contributed by atoms with Crippen molar-refractivity contribution in [2.24, 2.45) is 5.16 Å². The molecule has 1 aromatic carbocycles. The average Bonchev–Trinajstić information content (AvgIpc) is 2.64. The molecule has 0 saturated heterocycles. The van der Waals surface area contributed by atoms with E-state index in [1.165, 1.54) is 0 Å². The lowest BCUT2D eigenvalue weighted by molar-refractivity contribution is 0.170. The van der Waals surface area contributed by atoms with Crippen molar-refractivity contribution in [3.63, 3.8) is 0 Å². The summed E-state index contributed by atoms with van der Waals surface area (Å²) in [5.74, 6) is 2.75. The standard InChI is InChI=1S/C21H23Cl2NO4/c1-4-12-26-24-19-14-18(9-10-20(19)25-13-11-21(22)23)28-17-7-5-16(6-8-17)27-15(2)3/h4-11,15H,1,12-14H2,2-3H3. The van der Waals surface area contributed by atoms with Gasteiger partial charge in [-0.1, -0.05) is 41.0 Å². The molecule has 0 saturated carbocycles. The molecule has 1 aliphatic rings. The Morgan fingerprint density at radius 1 is 1.14 bits per heavy atom. The highest BCUT2D eigenvalue weighted by molar-refractivity contribution is 6.55. The minimum Gasteiger partial charge on any atom is -0.491 e. The number of oxime groups is 1. The highest BCUT2D eigenvalue weighted by Crippen LogP contribution is 2.24. The van der Waals surface area contributed by atoms with Gasteiger partial charge in [0.2, 0.25) is 0 Å². The first-order valence-electron chi connectivity index (χ1n) is 8.77. The van der Waals surface area contributed by atoms with Crippen LogP contribution < -0.4 is 9.47 Å². The fraction of sp³-hybridized carbons (Fsp3) is 0.286. The molecule has 0 unspecified atom stereocenters. The Bertz CT molecular complexity index is 776. The molecule has 2 rings (SSSR count). The molecule has 0 N–H and O–H groups in total. The average molecular weight is 424 g/mol. The summed E-state index contributed by atoms with van der Waals surface area (Å²) in [6, 6.07) is 7.44. The van der Waals surface area contributed by atoms with Crippen LogP contribution >= 0.6 is 23.2 Å². The Hall–Kier alpha value is -2.37. The summed E-state index contributed by atoms with van der Waals surface area (Å²) in [7, 11) is 0. The van der Waals surface area contributed by atoms with Crippen LogP contribution in [-0.2, 0) is 9.57 Å². The molecule has 1 aliphatic carbocycles.